The summed E-state index contributed by atoms with van der Waals surface area (Å²) in [4.78, 5) is 12.0. The van der Waals surface area contributed by atoms with Crippen molar-refractivity contribution in [2.75, 3.05) is 5.32 Å². The number of benzene rings is 1. The summed E-state index contributed by atoms with van der Waals surface area (Å²) in [7, 11) is 0. The summed E-state index contributed by atoms with van der Waals surface area (Å²) in [6.07, 6.45) is 9.16. The first-order valence-corrected chi connectivity index (χ1v) is 8.13. The molecule has 0 radical (unpaired) electrons. The van der Waals surface area contributed by atoms with Gasteiger partial charge in [0.1, 0.15) is 11.9 Å². The van der Waals surface area contributed by atoms with Gasteiger partial charge in [0.2, 0.25) is 5.91 Å². The van der Waals surface area contributed by atoms with Crippen molar-refractivity contribution in [3.8, 4) is 5.75 Å². The Kier molecular flexibility index (Phi) is 4.78. The molecule has 2 aliphatic rings. The summed E-state index contributed by atoms with van der Waals surface area (Å²) in [6, 6.07) is 7.41. The van der Waals surface area contributed by atoms with Crippen LogP contribution in [0.15, 0.2) is 36.4 Å². The summed E-state index contributed by atoms with van der Waals surface area (Å²) in [5.41, 5.74) is 0.786. The molecule has 1 aromatic rings. The lowest BCUT2D eigenvalue weighted by atomic mass is 9.95. The van der Waals surface area contributed by atoms with Crippen molar-refractivity contribution < 1.29 is 14.6 Å². The van der Waals surface area contributed by atoms with Gasteiger partial charge in [-0.25, -0.2) is 0 Å². The number of anilines is 1. The highest BCUT2D eigenvalue weighted by atomic mass is 16.5. The van der Waals surface area contributed by atoms with E-state index in [1.807, 2.05) is 24.3 Å². The Labute approximate surface area is 131 Å². The Morgan fingerprint density at radius 1 is 1.09 bits per heavy atom. The molecule has 0 saturated heterocycles. The molecule has 1 saturated carbocycles. The number of carbonyl (C=O) groups excluding carboxylic acids is 1. The average Bonchev–Trinajstić information content (AvgIpc) is 3.06. The highest BCUT2D eigenvalue weighted by Gasteiger charge is 2.24. The first kappa shape index (κ1) is 15.1. The van der Waals surface area contributed by atoms with Gasteiger partial charge in [-0.3, -0.25) is 4.79 Å². The SMILES string of the molecule is O=C(Nc1ccc(OC2CCCCC2O)cc1)C1CC=CC1. The van der Waals surface area contributed by atoms with Crippen molar-refractivity contribution in [1.29, 1.82) is 0 Å². The van der Waals surface area contributed by atoms with Gasteiger partial charge in [-0.1, -0.05) is 18.6 Å². The Balaban J connectivity index is 1.54. The van der Waals surface area contributed by atoms with E-state index in [1.165, 1.54) is 0 Å². The fourth-order valence-electron chi connectivity index (χ4n) is 3.08. The minimum absolute atomic E-state index is 0.0633. The molecular formula is C18H23NO3. The maximum absolute atomic E-state index is 12.0. The average molecular weight is 301 g/mol. The van der Waals surface area contributed by atoms with Crippen LogP contribution in [0.5, 0.6) is 5.75 Å². The van der Waals surface area contributed by atoms with E-state index >= 15 is 0 Å². The molecule has 1 aromatic carbocycles. The number of aliphatic hydroxyl groups excluding tert-OH is 1. The standard InChI is InChI=1S/C18H23NO3/c20-16-7-3-4-8-17(16)22-15-11-9-14(10-12-15)19-18(21)13-5-1-2-6-13/h1-2,9-13,16-17,20H,3-8H2,(H,19,21). The van der Waals surface area contributed by atoms with Gasteiger partial charge in [0.15, 0.2) is 0 Å². The highest BCUT2D eigenvalue weighted by molar-refractivity contribution is 5.93. The highest BCUT2D eigenvalue weighted by Crippen LogP contribution is 2.25. The smallest absolute Gasteiger partial charge is 0.228 e. The van der Waals surface area contributed by atoms with E-state index in [1.54, 1.807) is 0 Å². The lowest BCUT2D eigenvalue weighted by molar-refractivity contribution is -0.119. The summed E-state index contributed by atoms with van der Waals surface area (Å²) in [5.74, 6) is 0.876. The fraction of sp³-hybridized carbons (Fsp3) is 0.500. The minimum Gasteiger partial charge on any atom is -0.488 e. The van der Waals surface area contributed by atoms with Crippen molar-refractivity contribution in [2.24, 2.45) is 5.92 Å². The second kappa shape index (κ2) is 6.97. The van der Waals surface area contributed by atoms with Gasteiger partial charge in [-0.15, -0.1) is 0 Å². The maximum atomic E-state index is 12.0. The van der Waals surface area contributed by atoms with E-state index in [0.29, 0.717) is 0 Å². The fourth-order valence-corrected chi connectivity index (χ4v) is 3.08. The van der Waals surface area contributed by atoms with Gasteiger partial charge < -0.3 is 15.2 Å². The van der Waals surface area contributed by atoms with Crippen molar-refractivity contribution in [3.05, 3.63) is 36.4 Å². The second-order valence-corrected chi connectivity index (χ2v) is 6.16. The molecule has 1 fully saturated rings. The zero-order valence-corrected chi connectivity index (χ0v) is 12.7. The molecule has 2 unspecified atom stereocenters. The molecular weight excluding hydrogens is 278 g/mol. The maximum Gasteiger partial charge on any atom is 0.228 e. The molecule has 0 heterocycles. The van der Waals surface area contributed by atoms with Crippen LogP contribution in [0.25, 0.3) is 0 Å². The number of carbonyl (C=O) groups is 1. The molecule has 1 amide bonds. The Hall–Kier alpha value is -1.81. The van der Waals surface area contributed by atoms with Crippen LogP contribution in [-0.2, 0) is 4.79 Å². The van der Waals surface area contributed by atoms with E-state index < -0.39 is 0 Å². The normalized spacial score (nSPS) is 25.1. The number of allylic oxidation sites excluding steroid dienone is 2. The van der Waals surface area contributed by atoms with Crippen molar-refractivity contribution in [1.82, 2.24) is 0 Å². The van der Waals surface area contributed by atoms with Crippen LogP contribution in [-0.4, -0.2) is 23.2 Å². The van der Waals surface area contributed by atoms with Crippen LogP contribution >= 0.6 is 0 Å². The van der Waals surface area contributed by atoms with Gasteiger partial charge in [0.25, 0.3) is 0 Å². The minimum atomic E-state index is -0.372. The molecule has 0 aromatic heterocycles. The zero-order valence-electron chi connectivity index (χ0n) is 12.7. The number of hydrogen-bond acceptors (Lipinski definition) is 3. The topological polar surface area (TPSA) is 58.6 Å². The number of rotatable bonds is 4. The van der Waals surface area contributed by atoms with E-state index in [4.69, 9.17) is 4.74 Å². The molecule has 0 aliphatic heterocycles. The number of nitrogens with one attached hydrogen (secondary N) is 1. The van der Waals surface area contributed by atoms with E-state index in [-0.39, 0.29) is 24.0 Å². The van der Waals surface area contributed by atoms with E-state index in [9.17, 15) is 9.90 Å². The van der Waals surface area contributed by atoms with Crippen LogP contribution in [0.1, 0.15) is 38.5 Å². The molecule has 2 N–H and O–H groups in total. The molecule has 2 aliphatic carbocycles. The van der Waals surface area contributed by atoms with Crippen LogP contribution < -0.4 is 10.1 Å². The first-order chi connectivity index (χ1) is 10.7. The van der Waals surface area contributed by atoms with Crippen molar-refractivity contribution >= 4 is 11.6 Å². The molecule has 4 heteroatoms. The lowest BCUT2D eigenvalue weighted by Gasteiger charge is -2.28. The van der Waals surface area contributed by atoms with Crippen LogP contribution in [0.3, 0.4) is 0 Å². The van der Waals surface area contributed by atoms with Gasteiger partial charge in [0, 0.05) is 11.6 Å². The van der Waals surface area contributed by atoms with E-state index in [2.05, 4.69) is 17.5 Å². The summed E-state index contributed by atoms with van der Waals surface area (Å²) in [6.45, 7) is 0. The summed E-state index contributed by atoms with van der Waals surface area (Å²) >= 11 is 0. The Bertz CT molecular complexity index is 530. The molecule has 118 valence electrons. The van der Waals surface area contributed by atoms with Gasteiger partial charge in [-0.2, -0.15) is 0 Å². The molecule has 22 heavy (non-hydrogen) atoms. The van der Waals surface area contributed by atoms with Crippen LogP contribution in [0.4, 0.5) is 5.69 Å². The van der Waals surface area contributed by atoms with Crippen molar-refractivity contribution in [3.63, 3.8) is 0 Å². The number of ether oxygens (including phenoxy) is 1. The van der Waals surface area contributed by atoms with Crippen molar-refractivity contribution in [2.45, 2.75) is 50.7 Å². The third-order valence-corrected chi connectivity index (χ3v) is 4.46. The van der Waals surface area contributed by atoms with Gasteiger partial charge in [0.05, 0.1) is 6.10 Å². The summed E-state index contributed by atoms with van der Waals surface area (Å²) in [5, 5.41) is 12.9. The predicted octanol–water partition coefficient (Wildman–Crippen LogP) is 3.27. The van der Waals surface area contributed by atoms with Gasteiger partial charge in [-0.05, 0) is 56.4 Å². The largest absolute Gasteiger partial charge is 0.488 e. The number of aliphatic hydroxyl groups is 1. The van der Waals surface area contributed by atoms with Gasteiger partial charge >= 0.3 is 0 Å². The Morgan fingerprint density at radius 3 is 2.45 bits per heavy atom. The third-order valence-electron chi connectivity index (χ3n) is 4.46. The van der Waals surface area contributed by atoms with Crippen LogP contribution in [0.2, 0.25) is 0 Å². The monoisotopic (exact) mass is 301 g/mol. The number of amides is 1. The third kappa shape index (κ3) is 3.69. The first-order valence-electron chi connectivity index (χ1n) is 8.13. The molecule has 0 bridgehead atoms. The summed E-state index contributed by atoms with van der Waals surface area (Å²) < 4.78 is 5.85. The molecule has 3 rings (SSSR count). The molecule has 2 atom stereocenters. The van der Waals surface area contributed by atoms with Crippen LogP contribution in [0, 0.1) is 5.92 Å². The van der Waals surface area contributed by atoms with E-state index in [0.717, 1.165) is 50.0 Å². The molecule has 0 spiro atoms. The second-order valence-electron chi connectivity index (χ2n) is 6.16. The lowest BCUT2D eigenvalue weighted by Crippen LogP contribution is -2.34. The molecule has 4 nitrogen and oxygen atoms in total. The Morgan fingerprint density at radius 2 is 1.77 bits per heavy atom. The zero-order chi connectivity index (χ0) is 15.4. The predicted molar refractivity (Wildman–Crippen MR) is 85.8 cm³/mol. The quantitative estimate of drug-likeness (QED) is 0.839. The number of hydrogen-bond donors (Lipinski definition) is 2.